The van der Waals surface area contributed by atoms with Crippen molar-refractivity contribution in [3.8, 4) is 0 Å². The molecule has 1 aromatic heterocycles. The number of piperidine rings is 1. The van der Waals surface area contributed by atoms with Crippen molar-refractivity contribution in [3.63, 3.8) is 0 Å². The van der Waals surface area contributed by atoms with Crippen molar-refractivity contribution in [1.29, 1.82) is 0 Å². The number of hydrogen-bond acceptors (Lipinski definition) is 3. The van der Waals surface area contributed by atoms with Gasteiger partial charge < -0.3 is 10.2 Å². The number of nitrogens with zero attached hydrogens (tertiary/aromatic N) is 2. The number of nitrogens with one attached hydrogen (secondary N) is 1. The van der Waals surface area contributed by atoms with Gasteiger partial charge in [0.25, 0.3) is 0 Å². The highest BCUT2D eigenvalue weighted by Crippen LogP contribution is 2.28. The van der Waals surface area contributed by atoms with E-state index in [-0.39, 0.29) is 23.7 Å². The van der Waals surface area contributed by atoms with Crippen LogP contribution in [0.25, 0.3) is 0 Å². The van der Waals surface area contributed by atoms with Crippen LogP contribution in [0.5, 0.6) is 0 Å². The van der Waals surface area contributed by atoms with E-state index < -0.39 is 0 Å². The second kappa shape index (κ2) is 7.11. The predicted octanol–water partition coefficient (Wildman–Crippen LogP) is 2.76. The fraction of sp³-hybridized carbons (Fsp3) is 0.611. The quantitative estimate of drug-likeness (QED) is 0.933. The molecule has 1 saturated heterocycles. The third kappa shape index (κ3) is 3.89. The summed E-state index contributed by atoms with van der Waals surface area (Å²) in [6, 6.07) is 5.59. The number of anilines is 1. The van der Waals surface area contributed by atoms with Gasteiger partial charge in [0, 0.05) is 24.7 Å². The van der Waals surface area contributed by atoms with Crippen molar-refractivity contribution >= 4 is 17.6 Å². The lowest BCUT2D eigenvalue weighted by Crippen LogP contribution is -2.45. The molecule has 2 aliphatic rings. The van der Waals surface area contributed by atoms with E-state index in [9.17, 15) is 9.59 Å². The first-order valence-electron chi connectivity index (χ1n) is 8.67. The third-order valence-corrected chi connectivity index (χ3v) is 4.95. The molecule has 1 aliphatic carbocycles. The number of rotatable bonds is 3. The van der Waals surface area contributed by atoms with Crippen LogP contribution in [0.3, 0.4) is 0 Å². The number of hydrogen-bond donors (Lipinski definition) is 1. The molecule has 5 heteroatoms. The van der Waals surface area contributed by atoms with Crippen LogP contribution in [0.4, 0.5) is 5.82 Å². The Morgan fingerprint density at radius 1 is 1.13 bits per heavy atom. The van der Waals surface area contributed by atoms with Gasteiger partial charge in [-0.2, -0.15) is 0 Å². The summed E-state index contributed by atoms with van der Waals surface area (Å²) in [4.78, 5) is 31.3. The van der Waals surface area contributed by atoms with Gasteiger partial charge in [-0.05, 0) is 44.7 Å². The van der Waals surface area contributed by atoms with Gasteiger partial charge in [0.1, 0.15) is 5.82 Å². The third-order valence-electron chi connectivity index (χ3n) is 4.95. The van der Waals surface area contributed by atoms with Crippen molar-refractivity contribution < 1.29 is 9.59 Å². The van der Waals surface area contributed by atoms with Gasteiger partial charge in [0.05, 0.1) is 5.92 Å². The molecule has 2 heterocycles. The number of amides is 2. The summed E-state index contributed by atoms with van der Waals surface area (Å²) in [5.41, 5.74) is 0.879. The molecule has 1 aliphatic heterocycles. The molecule has 0 spiro atoms. The van der Waals surface area contributed by atoms with Crippen molar-refractivity contribution in [3.05, 3.63) is 23.9 Å². The Bertz CT molecular complexity index is 581. The second-order valence-corrected chi connectivity index (χ2v) is 6.76. The minimum Gasteiger partial charge on any atom is -0.342 e. The molecule has 5 nitrogen and oxygen atoms in total. The van der Waals surface area contributed by atoms with Gasteiger partial charge in [0.15, 0.2) is 0 Å². The zero-order chi connectivity index (χ0) is 16.2. The summed E-state index contributed by atoms with van der Waals surface area (Å²) in [6.07, 6.45) is 6.09. The van der Waals surface area contributed by atoms with Crippen LogP contribution in [0.15, 0.2) is 18.2 Å². The second-order valence-electron chi connectivity index (χ2n) is 6.76. The van der Waals surface area contributed by atoms with Crippen LogP contribution < -0.4 is 5.32 Å². The molecule has 0 unspecified atom stereocenters. The number of aromatic nitrogens is 1. The summed E-state index contributed by atoms with van der Waals surface area (Å²) in [7, 11) is 0. The maximum Gasteiger partial charge on any atom is 0.230 e. The first kappa shape index (κ1) is 16.0. The normalized spacial score (nSPS) is 22.1. The van der Waals surface area contributed by atoms with Crippen molar-refractivity contribution in [1.82, 2.24) is 9.88 Å². The molecule has 3 rings (SSSR count). The average molecular weight is 315 g/mol. The van der Waals surface area contributed by atoms with Crippen LogP contribution >= 0.6 is 0 Å². The molecular formula is C18H25N3O2. The van der Waals surface area contributed by atoms with Gasteiger partial charge in [-0.25, -0.2) is 4.98 Å². The minimum absolute atomic E-state index is 0.0213. The van der Waals surface area contributed by atoms with Gasteiger partial charge in [-0.1, -0.05) is 18.9 Å². The fourth-order valence-corrected chi connectivity index (χ4v) is 3.66. The van der Waals surface area contributed by atoms with Gasteiger partial charge in [-0.3, -0.25) is 9.59 Å². The fourth-order valence-electron chi connectivity index (χ4n) is 3.66. The summed E-state index contributed by atoms with van der Waals surface area (Å²) in [6.45, 7) is 3.24. The standard InChI is InChI=1S/C18H25N3O2/c1-13-6-4-10-16(19-13)20-17(22)15-9-5-11-21(12-15)18(23)14-7-2-3-8-14/h4,6,10,14-15H,2-3,5,7-9,11-12H2,1H3,(H,19,20,22)/t15-/m1/s1. The summed E-state index contributed by atoms with van der Waals surface area (Å²) < 4.78 is 0. The number of aryl methyl sites for hydroxylation is 1. The van der Waals surface area contributed by atoms with Crippen LogP contribution in [0, 0.1) is 18.8 Å². The van der Waals surface area contributed by atoms with Crippen molar-refractivity contribution in [2.45, 2.75) is 45.4 Å². The van der Waals surface area contributed by atoms with Crippen LogP contribution in [0.2, 0.25) is 0 Å². The number of carbonyl (C=O) groups is 2. The Hall–Kier alpha value is -1.91. The maximum atomic E-state index is 12.6. The van der Waals surface area contributed by atoms with E-state index in [1.165, 1.54) is 0 Å². The molecule has 1 atom stereocenters. The van der Waals surface area contributed by atoms with E-state index in [2.05, 4.69) is 10.3 Å². The highest BCUT2D eigenvalue weighted by atomic mass is 16.2. The molecule has 0 aromatic carbocycles. The molecule has 0 bridgehead atoms. The molecule has 1 aromatic rings. The SMILES string of the molecule is Cc1cccc(NC(=O)[C@@H]2CCCN(C(=O)C3CCCC3)C2)n1. The first-order valence-corrected chi connectivity index (χ1v) is 8.67. The maximum absolute atomic E-state index is 12.6. The van der Waals surface area contributed by atoms with Gasteiger partial charge in [-0.15, -0.1) is 0 Å². The van der Waals surface area contributed by atoms with E-state index in [0.717, 1.165) is 50.8 Å². The van der Waals surface area contributed by atoms with Crippen LogP contribution in [-0.4, -0.2) is 34.8 Å². The highest BCUT2D eigenvalue weighted by molar-refractivity contribution is 5.92. The Labute approximate surface area is 137 Å². The average Bonchev–Trinajstić information content (AvgIpc) is 3.09. The molecule has 1 saturated carbocycles. The largest absolute Gasteiger partial charge is 0.342 e. The van der Waals surface area contributed by atoms with E-state index in [1.807, 2.05) is 24.0 Å². The highest BCUT2D eigenvalue weighted by Gasteiger charge is 2.32. The summed E-state index contributed by atoms with van der Waals surface area (Å²) in [5.74, 6) is 0.890. The van der Waals surface area contributed by atoms with Gasteiger partial charge in [0.2, 0.25) is 11.8 Å². The van der Waals surface area contributed by atoms with E-state index in [4.69, 9.17) is 0 Å². The molecule has 2 amide bonds. The minimum atomic E-state index is -0.128. The Morgan fingerprint density at radius 2 is 1.87 bits per heavy atom. The number of carbonyl (C=O) groups excluding carboxylic acids is 2. The van der Waals surface area contributed by atoms with Crippen LogP contribution in [0.1, 0.15) is 44.2 Å². The number of pyridine rings is 1. The topological polar surface area (TPSA) is 62.3 Å². The molecule has 23 heavy (non-hydrogen) atoms. The zero-order valence-electron chi connectivity index (χ0n) is 13.8. The lowest BCUT2D eigenvalue weighted by atomic mass is 9.95. The zero-order valence-corrected chi connectivity index (χ0v) is 13.8. The van der Waals surface area contributed by atoms with E-state index >= 15 is 0 Å². The molecular weight excluding hydrogens is 290 g/mol. The summed E-state index contributed by atoms with van der Waals surface area (Å²) in [5, 5.41) is 2.89. The van der Waals surface area contributed by atoms with Crippen molar-refractivity contribution in [2.75, 3.05) is 18.4 Å². The molecule has 124 valence electrons. The smallest absolute Gasteiger partial charge is 0.230 e. The molecule has 1 N–H and O–H groups in total. The Morgan fingerprint density at radius 3 is 2.61 bits per heavy atom. The van der Waals surface area contributed by atoms with Gasteiger partial charge >= 0.3 is 0 Å². The first-order chi connectivity index (χ1) is 11.1. The monoisotopic (exact) mass is 315 g/mol. The summed E-state index contributed by atoms with van der Waals surface area (Å²) >= 11 is 0. The van der Waals surface area contributed by atoms with E-state index in [0.29, 0.717) is 12.4 Å². The predicted molar refractivity (Wildman–Crippen MR) is 88.9 cm³/mol. The Kier molecular flexibility index (Phi) is 4.94. The molecule has 0 radical (unpaired) electrons. The lowest BCUT2D eigenvalue weighted by molar-refractivity contribution is -0.138. The molecule has 2 fully saturated rings. The van der Waals surface area contributed by atoms with Crippen molar-refractivity contribution in [2.24, 2.45) is 11.8 Å². The Balaban J connectivity index is 1.59. The number of likely N-dealkylation sites (tertiary alicyclic amines) is 1. The van der Waals surface area contributed by atoms with E-state index in [1.54, 1.807) is 6.07 Å². The lowest BCUT2D eigenvalue weighted by Gasteiger charge is -2.33. The van der Waals surface area contributed by atoms with Crippen LogP contribution in [-0.2, 0) is 9.59 Å².